The molecule has 3 nitrogen and oxygen atoms in total. The van der Waals surface area contributed by atoms with Crippen molar-refractivity contribution in [2.24, 2.45) is 0 Å². The molecule has 0 aromatic carbocycles. The fourth-order valence-corrected chi connectivity index (χ4v) is 3.51. The molecule has 0 atom stereocenters. The smallest absolute Gasteiger partial charge is 0.0762 e. The standard InChI is InChI=1S/C16H28ClN3/c1-3-16(4-2,13-17)18-12-14-10-11-20(19-14)15-8-6-5-7-9-15/h10-11,15,18H,3-9,12-13H2,1-2H3. The van der Waals surface area contributed by atoms with E-state index < -0.39 is 0 Å². The second kappa shape index (κ2) is 7.46. The normalized spacial score (nSPS) is 17.6. The molecule has 0 unspecified atom stereocenters. The van der Waals surface area contributed by atoms with E-state index in [0.717, 1.165) is 25.1 Å². The molecule has 1 N–H and O–H groups in total. The van der Waals surface area contributed by atoms with Gasteiger partial charge in [-0.2, -0.15) is 5.10 Å². The minimum absolute atomic E-state index is 0.0518. The Hall–Kier alpha value is -0.540. The van der Waals surface area contributed by atoms with Crippen molar-refractivity contribution in [3.63, 3.8) is 0 Å². The lowest BCUT2D eigenvalue weighted by atomic mass is 9.95. The van der Waals surface area contributed by atoms with Gasteiger partial charge in [0.15, 0.2) is 0 Å². The van der Waals surface area contributed by atoms with Gasteiger partial charge < -0.3 is 5.32 Å². The highest BCUT2D eigenvalue weighted by Crippen LogP contribution is 2.27. The maximum Gasteiger partial charge on any atom is 0.0762 e. The van der Waals surface area contributed by atoms with Gasteiger partial charge in [-0.1, -0.05) is 33.1 Å². The number of rotatable bonds is 7. The Labute approximate surface area is 128 Å². The number of hydrogen-bond donors (Lipinski definition) is 1. The largest absolute Gasteiger partial charge is 0.304 e. The van der Waals surface area contributed by atoms with Crippen molar-refractivity contribution in [2.75, 3.05) is 5.88 Å². The van der Waals surface area contributed by atoms with Gasteiger partial charge in [0.2, 0.25) is 0 Å². The quantitative estimate of drug-likeness (QED) is 0.762. The predicted octanol–water partition coefficient (Wildman–Crippen LogP) is 4.28. The molecule has 114 valence electrons. The van der Waals surface area contributed by atoms with Crippen LogP contribution in [0.2, 0.25) is 0 Å². The minimum Gasteiger partial charge on any atom is -0.304 e. The Balaban J connectivity index is 1.92. The van der Waals surface area contributed by atoms with Crippen molar-refractivity contribution in [3.05, 3.63) is 18.0 Å². The van der Waals surface area contributed by atoms with Gasteiger partial charge in [-0.3, -0.25) is 4.68 Å². The third-order valence-corrected chi connectivity index (χ3v) is 5.38. The number of halogens is 1. The molecule has 0 bridgehead atoms. The molecular formula is C16H28ClN3. The Kier molecular flexibility index (Phi) is 5.91. The van der Waals surface area contributed by atoms with Crippen LogP contribution < -0.4 is 5.32 Å². The van der Waals surface area contributed by atoms with Gasteiger partial charge >= 0.3 is 0 Å². The summed E-state index contributed by atoms with van der Waals surface area (Å²) in [5, 5.41) is 8.36. The summed E-state index contributed by atoms with van der Waals surface area (Å²) in [5.41, 5.74) is 1.18. The number of nitrogens with one attached hydrogen (secondary N) is 1. The zero-order valence-electron chi connectivity index (χ0n) is 12.9. The van der Waals surface area contributed by atoms with Crippen molar-refractivity contribution >= 4 is 11.6 Å². The topological polar surface area (TPSA) is 29.9 Å². The summed E-state index contributed by atoms with van der Waals surface area (Å²) in [5.74, 6) is 0.656. The van der Waals surface area contributed by atoms with Crippen molar-refractivity contribution in [2.45, 2.75) is 76.9 Å². The SMILES string of the molecule is CCC(CC)(CCl)NCc1ccn(C2CCCCC2)n1. The van der Waals surface area contributed by atoms with Crippen molar-refractivity contribution in [3.8, 4) is 0 Å². The lowest BCUT2D eigenvalue weighted by molar-refractivity contribution is 0.318. The van der Waals surface area contributed by atoms with Crippen LogP contribution in [0.5, 0.6) is 0 Å². The Morgan fingerprint density at radius 3 is 2.60 bits per heavy atom. The van der Waals surface area contributed by atoms with Gasteiger partial charge in [0, 0.05) is 24.2 Å². The zero-order valence-corrected chi connectivity index (χ0v) is 13.6. The molecule has 4 heteroatoms. The van der Waals surface area contributed by atoms with E-state index in [1.807, 2.05) is 0 Å². The summed E-state index contributed by atoms with van der Waals surface area (Å²) >= 11 is 6.13. The van der Waals surface area contributed by atoms with Crippen LogP contribution >= 0.6 is 11.6 Å². The van der Waals surface area contributed by atoms with Crippen molar-refractivity contribution < 1.29 is 0 Å². The molecule has 1 fully saturated rings. The average Bonchev–Trinajstić information content (AvgIpc) is 2.99. The molecule has 0 saturated heterocycles. The van der Waals surface area contributed by atoms with Gasteiger partial charge in [0.05, 0.1) is 11.7 Å². The minimum atomic E-state index is 0.0518. The monoisotopic (exact) mass is 297 g/mol. The maximum absolute atomic E-state index is 6.13. The average molecular weight is 298 g/mol. The van der Waals surface area contributed by atoms with E-state index in [0.29, 0.717) is 11.9 Å². The predicted molar refractivity (Wildman–Crippen MR) is 85.2 cm³/mol. The van der Waals surface area contributed by atoms with Crippen LogP contribution in [-0.2, 0) is 6.54 Å². The third-order valence-electron chi connectivity index (χ3n) is 4.87. The summed E-state index contributed by atoms with van der Waals surface area (Å²) in [6.45, 7) is 5.20. The van der Waals surface area contributed by atoms with Crippen LogP contribution in [0.4, 0.5) is 0 Å². The molecule has 1 aromatic rings. The molecular weight excluding hydrogens is 270 g/mol. The van der Waals surface area contributed by atoms with Crippen LogP contribution in [0.3, 0.4) is 0 Å². The maximum atomic E-state index is 6.13. The molecule has 0 spiro atoms. The lowest BCUT2D eigenvalue weighted by Gasteiger charge is -2.30. The highest BCUT2D eigenvalue weighted by molar-refractivity contribution is 6.18. The first kappa shape index (κ1) is 15.8. The Bertz CT molecular complexity index is 384. The van der Waals surface area contributed by atoms with E-state index >= 15 is 0 Å². The molecule has 1 aromatic heterocycles. The Morgan fingerprint density at radius 1 is 1.30 bits per heavy atom. The van der Waals surface area contributed by atoms with E-state index in [4.69, 9.17) is 16.7 Å². The third kappa shape index (κ3) is 3.76. The number of nitrogens with zero attached hydrogens (tertiary/aromatic N) is 2. The molecule has 1 heterocycles. The van der Waals surface area contributed by atoms with Crippen LogP contribution in [0.1, 0.15) is 70.5 Å². The van der Waals surface area contributed by atoms with E-state index in [1.54, 1.807) is 0 Å². The fourth-order valence-electron chi connectivity index (χ4n) is 3.03. The molecule has 0 aliphatic heterocycles. The van der Waals surface area contributed by atoms with E-state index in [9.17, 15) is 0 Å². The molecule has 2 rings (SSSR count). The number of alkyl halides is 1. The van der Waals surface area contributed by atoms with Crippen LogP contribution in [0.15, 0.2) is 12.3 Å². The van der Waals surface area contributed by atoms with Crippen LogP contribution in [-0.4, -0.2) is 21.2 Å². The summed E-state index contributed by atoms with van der Waals surface area (Å²) in [6, 6.07) is 2.76. The second-order valence-electron chi connectivity index (χ2n) is 6.05. The van der Waals surface area contributed by atoms with E-state index in [-0.39, 0.29) is 5.54 Å². The fraction of sp³-hybridized carbons (Fsp3) is 0.812. The molecule has 0 amide bonds. The van der Waals surface area contributed by atoms with Crippen molar-refractivity contribution in [1.29, 1.82) is 0 Å². The molecule has 20 heavy (non-hydrogen) atoms. The van der Waals surface area contributed by atoms with Crippen molar-refractivity contribution in [1.82, 2.24) is 15.1 Å². The summed E-state index contributed by atoms with van der Waals surface area (Å²) in [7, 11) is 0. The van der Waals surface area contributed by atoms with Crippen LogP contribution in [0.25, 0.3) is 0 Å². The Morgan fingerprint density at radius 2 is 2.00 bits per heavy atom. The highest BCUT2D eigenvalue weighted by atomic mass is 35.5. The highest BCUT2D eigenvalue weighted by Gasteiger charge is 2.24. The summed E-state index contributed by atoms with van der Waals surface area (Å²) in [4.78, 5) is 0. The number of hydrogen-bond acceptors (Lipinski definition) is 2. The lowest BCUT2D eigenvalue weighted by Crippen LogP contribution is -2.45. The molecule has 1 aliphatic rings. The zero-order chi connectivity index (χ0) is 14.4. The molecule has 1 saturated carbocycles. The van der Waals surface area contributed by atoms with E-state index in [1.165, 1.54) is 32.1 Å². The van der Waals surface area contributed by atoms with Crippen LogP contribution in [0, 0.1) is 0 Å². The van der Waals surface area contributed by atoms with Gasteiger partial charge in [-0.25, -0.2) is 0 Å². The first-order chi connectivity index (χ1) is 9.73. The van der Waals surface area contributed by atoms with Gasteiger partial charge in [-0.15, -0.1) is 11.6 Å². The van der Waals surface area contributed by atoms with Gasteiger partial charge in [0.1, 0.15) is 0 Å². The molecule has 0 radical (unpaired) electrons. The summed E-state index contributed by atoms with van der Waals surface area (Å²) < 4.78 is 2.18. The first-order valence-electron chi connectivity index (χ1n) is 8.08. The van der Waals surface area contributed by atoms with Gasteiger partial charge in [0.25, 0.3) is 0 Å². The van der Waals surface area contributed by atoms with E-state index in [2.05, 4.69) is 36.1 Å². The molecule has 1 aliphatic carbocycles. The van der Waals surface area contributed by atoms with Gasteiger partial charge in [-0.05, 0) is 31.7 Å². The first-order valence-corrected chi connectivity index (χ1v) is 8.61. The second-order valence-corrected chi connectivity index (χ2v) is 6.32. The number of aromatic nitrogens is 2. The summed E-state index contributed by atoms with van der Waals surface area (Å²) in [6.07, 6.45) is 10.9.